The molecule has 0 saturated carbocycles. The zero-order valence-electron chi connectivity index (χ0n) is 10.9. The van der Waals surface area contributed by atoms with Crippen LogP contribution in [0.4, 0.5) is 26.1 Å². The molecular weight excluding hydrogens is 250 g/mol. The Balaban J connectivity index is 2.40. The van der Waals surface area contributed by atoms with Crippen molar-refractivity contribution in [1.29, 1.82) is 0 Å². The van der Waals surface area contributed by atoms with Crippen molar-refractivity contribution in [1.82, 2.24) is 9.97 Å². The molecule has 0 spiro atoms. The maximum absolute atomic E-state index is 13.6. The molecule has 1 heterocycles. The van der Waals surface area contributed by atoms with Gasteiger partial charge in [0.25, 0.3) is 0 Å². The lowest BCUT2D eigenvalue weighted by molar-refractivity contribution is 0.586. The molecule has 1 aromatic heterocycles. The largest absolute Gasteiger partial charge is 0.373 e. The molecule has 1 aromatic carbocycles. The normalized spacial score (nSPS) is 10.4. The Hall–Kier alpha value is -2.24. The first-order valence-electron chi connectivity index (χ1n) is 5.76. The van der Waals surface area contributed by atoms with E-state index in [1.165, 1.54) is 12.1 Å². The summed E-state index contributed by atoms with van der Waals surface area (Å²) in [5.41, 5.74) is 0.932. The van der Waals surface area contributed by atoms with Crippen LogP contribution < -0.4 is 10.6 Å². The third kappa shape index (κ3) is 2.78. The predicted molar refractivity (Wildman–Crippen MR) is 70.7 cm³/mol. The summed E-state index contributed by atoms with van der Waals surface area (Å²) in [5, 5.41) is 5.79. The van der Waals surface area contributed by atoms with Crippen LogP contribution in [-0.4, -0.2) is 17.0 Å². The number of hydrogen-bond acceptors (Lipinski definition) is 4. The first kappa shape index (κ1) is 13.2. The van der Waals surface area contributed by atoms with Gasteiger partial charge in [-0.1, -0.05) is 0 Å². The Morgan fingerprint density at radius 3 is 2.37 bits per heavy atom. The van der Waals surface area contributed by atoms with Gasteiger partial charge >= 0.3 is 0 Å². The maximum Gasteiger partial charge on any atom is 0.149 e. The number of rotatable bonds is 3. The molecule has 0 unspecified atom stereocenters. The summed E-state index contributed by atoms with van der Waals surface area (Å²) in [5.74, 6) is 0.427. The summed E-state index contributed by atoms with van der Waals surface area (Å²) < 4.78 is 26.4. The summed E-state index contributed by atoms with van der Waals surface area (Å²) in [6.45, 7) is 3.56. The zero-order valence-corrected chi connectivity index (χ0v) is 10.9. The summed E-state index contributed by atoms with van der Waals surface area (Å²) in [6, 6.07) is 3.35. The Morgan fingerprint density at radius 2 is 1.74 bits per heavy atom. The van der Waals surface area contributed by atoms with E-state index < -0.39 is 11.6 Å². The number of benzene rings is 1. The molecule has 0 fully saturated rings. The highest BCUT2D eigenvalue weighted by atomic mass is 19.1. The minimum Gasteiger partial charge on any atom is -0.373 e. The van der Waals surface area contributed by atoms with E-state index in [1.54, 1.807) is 14.0 Å². The van der Waals surface area contributed by atoms with Crippen molar-refractivity contribution in [2.45, 2.75) is 13.8 Å². The van der Waals surface area contributed by atoms with Crippen LogP contribution in [0.5, 0.6) is 0 Å². The number of nitrogens with zero attached hydrogens (tertiary/aromatic N) is 2. The van der Waals surface area contributed by atoms with Crippen molar-refractivity contribution >= 4 is 17.3 Å². The van der Waals surface area contributed by atoms with Crippen LogP contribution in [0, 0.1) is 25.5 Å². The van der Waals surface area contributed by atoms with E-state index in [1.807, 2.05) is 6.92 Å². The van der Waals surface area contributed by atoms with E-state index >= 15 is 0 Å². The number of hydrogen-bond donors (Lipinski definition) is 2. The summed E-state index contributed by atoms with van der Waals surface area (Å²) in [4.78, 5) is 8.43. The van der Waals surface area contributed by atoms with Crippen molar-refractivity contribution in [3.8, 4) is 0 Å². The van der Waals surface area contributed by atoms with Crippen LogP contribution in [0.2, 0.25) is 0 Å². The first-order chi connectivity index (χ1) is 9.01. The molecule has 0 aliphatic rings. The summed E-state index contributed by atoms with van der Waals surface area (Å²) in [7, 11) is 1.75. The van der Waals surface area contributed by atoms with Gasteiger partial charge in [-0.05, 0) is 26.0 Å². The fourth-order valence-corrected chi connectivity index (χ4v) is 1.71. The lowest BCUT2D eigenvalue weighted by Crippen LogP contribution is -2.06. The molecule has 0 amide bonds. The summed E-state index contributed by atoms with van der Waals surface area (Å²) in [6.07, 6.45) is 0. The summed E-state index contributed by atoms with van der Waals surface area (Å²) >= 11 is 0. The molecule has 2 rings (SSSR count). The Labute approximate surface area is 109 Å². The lowest BCUT2D eigenvalue weighted by atomic mass is 10.2. The van der Waals surface area contributed by atoms with E-state index in [2.05, 4.69) is 20.6 Å². The number of nitrogens with one attached hydrogen (secondary N) is 2. The van der Waals surface area contributed by atoms with E-state index in [-0.39, 0.29) is 5.69 Å². The fourth-order valence-electron chi connectivity index (χ4n) is 1.71. The Kier molecular flexibility index (Phi) is 3.59. The number of aromatic nitrogens is 2. The van der Waals surface area contributed by atoms with Crippen LogP contribution in [-0.2, 0) is 0 Å². The SMILES string of the molecule is CNc1nc(C)nc(Nc2ccc(F)cc2F)c1C. The average molecular weight is 264 g/mol. The second-order valence-electron chi connectivity index (χ2n) is 4.09. The molecule has 19 heavy (non-hydrogen) atoms. The third-order valence-corrected chi connectivity index (χ3v) is 2.68. The fraction of sp³-hybridized carbons (Fsp3) is 0.231. The molecular formula is C13H14F2N4. The molecule has 0 radical (unpaired) electrons. The predicted octanol–water partition coefficient (Wildman–Crippen LogP) is 3.16. The average Bonchev–Trinajstić information content (AvgIpc) is 2.36. The Morgan fingerprint density at radius 1 is 1.05 bits per heavy atom. The molecule has 6 heteroatoms. The smallest absolute Gasteiger partial charge is 0.149 e. The molecule has 0 aliphatic heterocycles. The highest BCUT2D eigenvalue weighted by Gasteiger charge is 2.10. The molecule has 0 bridgehead atoms. The molecule has 2 N–H and O–H groups in total. The van der Waals surface area contributed by atoms with E-state index in [0.717, 1.165) is 11.6 Å². The first-order valence-corrected chi connectivity index (χ1v) is 5.76. The lowest BCUT2D eigenvalue weighted by Gasteiger charge is -2.13. The van der Waals surface area contributed by atoms with Gasteiger partial charge in [-0.15, -0.1) is 0 Å². The van der Waals surface area contributed by atoms with Crippen LogP contribution in [0.15, 0.2) is 18.2 Å². The minimum absolute atomic E-state index is 0.171. The molecule has 0 aliphatic carbocycles. The van der Waals surface area contributed by atoms with Gasteiger partial charge in [-0.2, -0.15) is 0 Å². The Bertz CT molecular complexity index is 614. The monoisotopic (exact) mass is 264 g/mol. The van der Waals surface area contributed by atoms with Gasteiger partial charge < -0.3 is 10.6 Å². The standard InChI is InChI=1S/C13H14F2N4/c1-7-12(16-3)17-8(2)18-13(7)19-11-5-4-9(14)6-10(11)15/h4-6H,1-3H3,(H2,16,17,18,19). The quantitative estimate of drug-likeness (QED) is 0.894. The van der Waals surface area contributed by atoms with E-state index in [4.69, 9.17) is 0 Å². The topological polar surface area (TPSA) is 49.8 Å². The van der Waals surface area contributed by atoms with Crippen molar-refractivity contribution in [2.75, 3.05) is 17.7 Å². The maximum atomic E-state index is 13.6. The molecule has 2 aromatic rings. The van der Waals surface area contributed by atoms with E-state index in [0.29, 0.717) is 17.5 Å². The number of halogens is 2. The highest BCUT2D eigenvalue weighted by Crippen LogP contribution is 2.25. The third-order valence-electron chi connectivity index (χ3n) is 2.68. The van der Waals surface area contributed by atoms with E-state index in [9.17, 15) is 8.78 Å². The van der Waals surface area contributed by atoms with Crippen molar-refractivity contribution in [3.63, 3.8) is 0 Å². The van der Waals surface area contributed by atoms with Gasteiger partial charge in [-0.25, -0.2) is 18.7 Å². The number of anilines is 3. The van der Waals surface area contributed by atoms with Crippen molar-refractivity contribution in [3.05, 3.63) is 41.2 Å². The second-order valence-corrected chi connectivity index (χ2v) is 4.09. The van der Waals surface area contributed by atoms with Crippen molar-refractivity contribution in [2.24, 2.45) is 0 Å². The van der Waals surface area contributed by atoms with Crippen LogP contribution in [0.3, 0.4) is 0 Å². The van der Waals surface area contributed by atoms with Gasteiger partial charge in [0, 0.05) is 18.7 Å². The second kappa shape index (κ2) is 5.17. The molecule has 0 atom stereocenters. The van der Waals surface area contributed by atoms with Crippen LogP contribution in [0.1, 0.15) is 11.4 Å². The van der Waals surface area contributed by atoms with Crippen molar-refractivity contribution < 1.29 is 8.78 Å². The number of aryl methyl sites for hydroxylation is 1. The van der Waals surface area contributed by atoms with Gasteiger partial charge in [-0.3, -0.25) is 0 Å². The van der Waals surface area contributed by atoms with Crippen LogP contribution >= 0.6 is 0 Å². The van der Waals surface area contributed by atoms with Gasteiger partial charge in [0.2, 0.25) is 0 Å². The highest BCUT2D eigenvalue weighted by molar-refractivity contribution is 5.64. The van der Waals surface area contributed by atoms with Gasteiger partial charge in [0.05, 0.1) is 5.69 Å². The molecule has 0 saturated heterocycles. The molecule has 4 nitrogen and oxygen atoms in total. The zero-order chi connectivity index (χ0) is 14.0. The molecule has 100 valence electrons. The van der Waals surface area contributed by atoms with Gasteiger partial charge in [0.1, 0.15) is 29.1 Å². The van der Waals surface area contributed by atoms with Gasteiger partial charge in [0.15, 0.2) is 0 Å². The minimum atomic E-state index is -0.665. The van der Waals surface area contributed by atoms with Crippen LogP contribution in [0.25, 0.3) is 0 Å².